The lowest BCUT2D eigenvalue weighted by atomic mass is 9.81. The largest absolute Gasteiger partial charge is 0.481 e. The van der Waals surface area contributed by atoms with E-state index in [0.717, 1.165) is 25.8 Å². The Labute approximate surface area is 146 Å². The number of amides is 1. The zero-order valence-corrected chi connectivity index (χ0v) is 14.2. The average Bonchev–Trinajstić information content (AvgIpc) is 3.05. The number of hydrogen-bond donors (Lipinski definition) is 2. The first kappa shape index (κ1) is 18.7. The molecule has 0 unspecified atom stereocenters. The zero-order chi connectivity index (χ0) is 16.4. The molecule has 1 saturated carbocycles. The van der Waals surface area contributed by atoms with Gasteiger partial charge in [-0.1, -0.05) is 18.6 Å². The van der Waals surface area contributed by atoms with Gasteiger partial charge in [0.25, 0.3) is 0 Å². The normalized spacial score (nSPS) is 25.8. The zero-order valence-electron chi connectivity index (χ0n) is 13.3. The fourth-order valence-corrected chi connectivity index (χ4v) is 3.95. The van der Waals surface area contributed by atoms with Crippen molar-refractivity contribution in [2.75, 3.05) is 25.0 Å². The Balaban J connectivity index is 0.00000208. The molecule has 1 aliphatic carbocycles. The molecule has 0 radical (unpaired) electrons. The summed E-state index contributed by atoms with van der Waals surface area (Å²) in [4.78, 5) is 25.6. The number of fused-ring (bicyclic) bond motifs is 1. The lowest BCUT2D eigenvalue weighted by Gasteiger charge is -2.23. The molecule has 132 valence electrons. The quantitative estimate of drug-likeness (QED) is 0.851. The number of halogens is 2. The average molecular weight is 357 g/mol. The van der Waals surface area contributed by atoms with Crippen LogP contribution in [-0.2, 0) is 9.59 Å². The maximum Gasteiger partial charge on any atom is 0.311 e. The maximum atomic E-state index is 13.5. The summed E-state index contributed by atoms with van der Waals surface area (Å²) >= 11 is 0. The fraction of sp³-hybridized carbons (Fsp3) is 0.529. The van der Waals surface area contributed by atoms with E-state index in [2.05, 4.69) is 10.2 Å². The van der Waals surface area contributed by atoms with E-state index in [0.29, 0.717) is 13.1 Å². The molecule has 0 aromatic heterocycles. The maximum absolute atomic E-state index is 13.5. The number of carboxylic acid groups (broad SMARTS) is 1. The number of rotatable bonds is 5. The van der Waals surface area contributed by atoms with Gasteiger partial charge in [0.15, 0.2) is 0 Å². The molecule has 1 aromatic carbocycles. The predicted molar refractivity (Wildman–Crippen MR) is 90.7 cm³/mol. The van der Waals surface area contributed by atoms with Crippen LogP contribution < -0.4 is 5.32 Å². The van der Waals surface area contributed by atoms with Gasteiger partial charge < -0.3 is 15.3 Å². The van der Waals surface area contributed by atoms with Crippen molar-refractivity contribution in [3.63, 3.8) is 0 Å². The number of carbonyl (C=O) groups is 2. The monoisotopic (exact) mass is 356 g/mol. The molecule has 2 N–H and O–H groups in total. The van der Waals surface area contributed by atoms with Gasteiger partial charge in [0.2, 0.25) is 5.91 Å². The van der Waals surface area contributed by atoms with Crippen molar-refractivity contribution in [1.82, 2.24) is 4.90 Å². The summed E-state index contributed by atoms with van der Waals surface area (Å²) < 4.78 is 13.5. The number of nitrogens with zero attached hydrogens (tertiary/aromatic N) is 1. The highest BCUT2D eigenvalue weighted by molar-refractivity contribution is 5.90. The summed E-state index contributed by atoms with van der Waals surface area (Å²) in [6.45, 7) is 1.76. The van der Waals surface area contributed by atoms with Crippen molar-refractivity contribution in [3.8, 4) is 0 Å². The van der Waals surface area contributed by atoms with E-state index in [4.69, 9.17) is 0 Å². The minimum atomic E-state index is -0.710. The number of carbonyl (C=O) groups excluding carboxylic acids is 1. The molecule has 24 heavy (non-hydrogen) atoms. The minimum Gasteiger partial charge on any atom is -0.481 e. The standard InChI is InChI=1S/C17H21FN2O3.ClH/c18-13-5-1-2-6-14(13)19-15(21)7-9-20-10-12-4-3-8-17(12,11-20)16(22)23;/h1-2,5-6,12H,3-4,7-11H2,(H,19,21)(H,22,23);1H/t12-,17+;/m0./s1. The van der Waals surface area contributed by atoms with Crippen molar-refractivity contribution >= 4 is 30.0 Å². The highest BCUT2D eigenvalue weighted by Gasteiger charge is 2.54. The Hall–Kier alpha value is -1.66. The van der Waals surface area contributed by atoms with Crippen LogP contribution in [0.2, 0.25) is 0 Å². The van der Waals surface area contributed by atoms with Gasteiger partial charge in [-0.15, -0.1) is 12.4 Å². The van der Waals surface area contributed by atoms with E-state index in [1.165, 1.54) is 12.1 Å². The number of aliphatic carboxylic acids is 1. The van der Waals surface area contributed by atoms with E-state index >= 15 is 0 Å². The van der Waals surface area contributed by atoms with Crippen LogP contribution in [0.25, 0.3) is 0 Å². The van der Waals surface area contributed by atoms with Crippen molar-refractivity contribution in [3.05, 3.63) is 30.1 Å². The number of nitrogens with one attached hydrogen (secondary N) is 1. The molecule has 2 atom stereocenters. The molecular formula is C17H22ClFN2O3. The number of benzene rings is 1. The van der Waals surface area contributed by atoms with Crippen LogP contribution >= 0.6 is 12.4 Å². The second-order valence-corrected chi connectivity index (χ2v) is 6.56. The summed E-state index contributed by atoms with van der Waals surface area (Å²) in [6, 6.07) is 6.05. The van der Waals surface area contributed by atoms with Gasteiger partial charge in [-0.3, -0.25) is 9.59 Å². The minimum absolute atomic E-state index is 0. The smallest absolute Gasteiger partial charge is 0.311 e. The molecule has 7 heteroatoms. The molecule has 1 aliphatic heterocycles. The lowest BCUT2D eigenvalue weighted by molar-refractivity contribution is -0.149. The van der Waals surface area contributed by atoms with Gasteiger partial charge in [-0.2, -0.15) is 0 Å². The van der Waals surface area contributed by atoms with Crippen molar-refractivity contribution < 1.29 is 19.1 Å². The van der Waals surface area contributed by atoms with Gasteiger partial charge >= 0.3 is 5.97 Å². The summed E-state index contributed by atoms with van der Waals surface area (Å²) in [7, 11) is 0. The summed E-state index contributed by atoms with van der Waals surface area (Å²) in [5.41, 5.74) is -0.444. The Kier molecular flexibility index (Phi) is 5.83. The molecular weight excluding hydrogens is 335 g/mol. The Morgan fingerprint density at radius 1 is 1.38 bits per heavy atom. The predicted octanol–water partition coefficient (Wildman–Crippen LogP) is 2.76. The van der Waals surface area contributed by atoms with Crippen molar-refractivity contribution in [1.29, 1.82) is 0 Å². The molecule has 1 aromatic rings. The first-order valence-electron chi connectivity index (χ1n) is 8.01. The Bertz CT molecular complexity index is 628. The Morgan fingerprint density at radius 3 is 2.79 bits per heavy atom. The highest BCUT2D eigenvalue weighted by atomic mass is 35.5. The number of anilines is 1. The van der Waals surface area contributed by atoms with E-state index < -0.39 is 17.2 Å². The van der Waals surface area contributed by atoms with Crippen LogP contribution in [0.1, 0.15) is 25.7 Å². The van der Waals surface area contributed by atoms with Crippen LogP contribution in [0.3, 0.4) is 0 Å². The van der Waals surface area contributed by atoms with E-state index in [1.54, 1.807) is 12.1 Å². The third-order valence-electron chi connectivity index (χ3n) is 5.17. The lowest BCUT2D eigenvalue weighted by Crippen LogP contribution is -2.36. The summed E-state index contributed by atoms with van der Waals surface area (Å²) in [6.07, 6.45) is 2.88. The fourth-order valence-electron chi connectivity index (χ4n) is 3.95. The molecule has 1 heterocycles. The highest BCUT2D eigenvalue weighted by Crippen LogP contribution is 2.48. The van der Waals surface area contributed by atoms with E-state index in [-0.39, 0.29) is 36.3 Å². The number of likely N-dealkylation sites (tertiary alicyclic amines) is 1. The second-order valence-electron chi connectivity index (χ2n) is 6.56. The van der Waals surface area contributed by atoms with Gasteiger partial charge in [0, 0.05) is 26.1 Å². The van der Waals surface area contributed by atoms with E-state index in [1.807, 2.05) is 0 Å². The first-order valence-corrected chi connectivity index (χ1v) is 8.01. The van der Waals surface area contributed by atoms with Gasteiger partial charge in [-0.25, -0.2) is 4.39 Å². The molecule has 3 rings (SSSR count). The van der Waals surface area contributed by atoms with Crippen LogP contribution in [0.15, 0.2) is 24.3 Å². The topological polar surface area (TPSA) is 69.6 Å². The third-order valence-corrected chi connectivity index (χ3v) is 5.17. The van der Waals surface area contributed by atoms with E-state index in [9.17, 15) is 19.1 Å². The summed E-state index contributed by atoms with van der Waals surface area (Å²) in [5, 5.41) is 12.1. The molecule has 0 bridgehead atoms. The van der Waals surface area contributed by atoms with Gasteiger partial charge in [-0.05, 0) is 30.9 Å². The van der Waals surface area contributed by atoms with Crippen LogP contribution in [0.4, 0.5) is 10.1 Å². The molecule has 1 amide bonds. The summed E-state index contributed by atoms with van der Waals surface area (Å²) in [5.74, 6) is -1.23. The van der Waals surface area contributed by atoms with Gasteiger partial charge in [0.05, 0.1) is 11.1 Å². The van der Waals surface area contributed by atoms with Crippen LogP contribution in [0.5, 0.6) is 0 Å². The Morgan fingerprint density at radius 2 is 2.12 bits per heavy atom. The third kappa shape index (κ3) is 3.54. The molecule has 0 spiro atoms. The number of para-hydroxylation sites is 1. The number of carboxylic acids is 1. The van der Waals surface area contributed by atoms with Crippen molar-refractivity contribution in [2.24, 2.45) is 11.3 Å². The van der Waals surface area contributed by atoms with Gasteiger partial charge in [0.1, 0.15) is 5.82 Å². The second kappa shape index (κ2) is 7.49. The van der Waals surface area contributed by atoms with Crippen molar-refractivity contribution in [2.45, 2.75) is 25.7 Å². The SMILES string of the molecule is Cl.O=C(CCN1C[C@@H]2CCC[C@@]2(C(=O)O)C1)Nc1ccccc1F. The first-order chi connectivity index (χ1) is 11.0. The van der Waals surface area contributed by atoms with Crippen LogP contribution in [-0.4, -0.2) is 41.5 Å². The molecule has 1 saturated heterocycles. The van der Waals surface area contributed by atoms with Crippen LogP contribution in [0, 0.1) is 17.2 Å². The molecule has 2 fully saturated rings. The molecule has 5 nitrogen and oxygen atoms in total. The molecule has 2 aliphatic rings. The number of hydrogen-bond acceptors (Lipinski definition) is 3.